The van der Waals surface area contributed by atoms with Crippen LogP contribution < -0.4 is 4.74 Å². The maximum atomic E-state index is 12.9. The molecule has 0 spiro atoms. The molecule has 1 aromatic carbocycles. The molecule has 0 saturated heterocycles. The second-order valence-electron chi connectivity index (χ2n) is 7.30. The van der Waals surface area contributed by atoms with Crippen LogP contribution in [0.2, 0.25) is 0 Å². The highest BCUT2D eigenvalue weighted by molar-refractivity contribution is 9.10. The van der Waals surface area contributed by atoms with Gasteiger partial charge in [0.1, 0.15) is 11.7 Å². The second kappa shape index (κ2) is 7.57. The van der Waals surface area contributed by atoms with Crippen LogP contribution in [0.4, 0.5) is 0 Å². The standard InChI is InChI=1S/C21H19BrN4O2S/c1-28-16-7-6-12(8-13(16)10-26-11-14(22)9-23-26)19-24-20(27)18-15-4-2-3-5-17(15)29-21(18)25-19/h6-9,11,18H,2-5,10H2,1H3. The number of hydrogen-bond donors (Lipinski definition) is 0. The number of benzene rings is 1. The third-order valence-electron chi connectivity index (χ3n) is 5.43. The van der Waals surface area contributed by atoms with Gasteiger partial charge in [0.25, 0.3) is 5.91 Å². The fourth-order valence-electron chi connectivity index (χ4n) is 4.07. The summed E-state index contributed by atoms with van der Waals surface area (Å²) >= 11 is 5.10. The van der Waals surface area contributed by atoms with Crippen LogP contribution in [0.5, 0.6) is 5.75 Å². The number of thioether (sulfide) groups is 1. The summed E-state index contributed by atoms with van der Waals surface area (Å²) in [5.41, 5.74) is 3.03. The highest BCUT2D eigenvalue weighted by Crippen LogP contribution is 2.47. The van der Waals surface area contributed by atoms with Gasteiger partial charge in [0, 0.05) is 17.3 Å². The van der Waals surface area contributed by atoms with Gasteiger partial charge in [-0.25, -0.2) is 4.99 Å². The van der Waals surface area contributed by atoms with Crippen LogP contribution in [0.15, 0.2) is 55.5 Å². The fourth-order valence-corrected chi connectivity index (χ4v) is 5.74. The highest BCUT2D eigenvalue weighted by atomic mass is 79.9. The van der Waals surface area contributed by atoms with Gasteiger partial charge in [0.2, 0.25) is 0 Å². The topological polar surface area (TPSA) is 68.8 Å². The molecule has 3 heterocycles. The summed E-state index contributed by atoms with van der Waals surface area (Å²) in [7, 11) is 1.65. The number of carbonyl (C=O) groups is 1. The molecular formula is C21H19BrN4O2S. The Morgan fingerprint density at radius 3 is 2.93 bits per heavy atom. The number of hydrogen-bond acceptors (Lipinski definition) is 5. The van der Waals surface area contributed by atoms with E-state index in [1.165, 1.54) is 16.9 Å². The molecule has 3 aliphatic rings. The lowest BCUT2D eigenvalue weighted by molar-refractivity contribution is -0.118. The fraction of sp³-hybridized carbons (Fsp3) is 0.333. The summed E-state index contributed by atoms with van der Waals surface area (Å²) in [6.07, 6.45) is 8.05. The van der Waals surface area contributed by atoms with E-state index in [0.717, 1.165) is 45.7 Å². The molecule has 0 N–H and O–H groups in total. The molecule has 5 rings (SSSR count). The van der Waals surface area contributed by atoms with Gasteiger partial charge < -0.3 is 4.74 Å². The molecule has 2 aliphatic heterocycles. The number of carbonyl (C=O) groups excluding carboxylic acids is 1. The Labute approximate surface area is 181 Å². The van der Waals surface area contributed by atoms with Gasteiger partial charge >= 0.3 is 0 Å². The Morgan fingerprint density at radius 2 is 2.14 bits per heavy atom. The van der Waals surface area contributed by atoms with E-state index < -0.39 is 0 Å². The molecule has 2 aromatic rings. The van der Waals surface area contributed by atoms with Crippen LogP contribution in [0, 0.1) is 5.92 Å². The average Bonchev–Trinajstić information content (AvgIpc) is 3.30. The zero-order valence-electron chi connectivity index (χ0n) is 15.9. The van der Waals surface area contributed by atoms with Gasteiger partial charge in [0.15, 0.2) is 5.84 Å². The summed E-state index contributed by atoms with van der Waals surface area (Å²) in [6, 6.07) is 5.79. The number of aromatic nitrogens is 2. The maximum absolute atomic E-state index is 12.9. The number of ether oxygens (including phenoxy) is 1. The summed E-state index contributed by atoms with van der Waals surface area (Å²) in [5.74, 6) is 0.927. The van der Waals surface area contributed by atoms with Crippen molar-refractivity contribution in [3.63, 3.8) is 0 Å². The van der Waals surface area contributed by atoms with Crippen LogP contribution in [0.25, 0.3) is 0 Å². The molecule has 1 aliphatic carbocycles. The molecule has 0 saturated carbocycles. The first kappa shape index (κ1) is 18.8. The monoisotopic (exact) mass is 470 g/mol. The van der Waals surface area contributed by atoms with Gasteiger partial charge in [-0.1, -0.05) is 11.8 Å². The van der Waals surface area contributed by atoms with E-state index in [4.69, 9.17) is 9.73 Å². The predicted molar refractivity (Wildman–Crippen MR) is 118 cm³/mol. The van der Waals surface area contributed by atoms with Gasteiger partial charge in [0.05, 0.1) is 29.4 Å². The van der Waals surface area contributed by atoms with Crippen LogP contribution in [-0.4, -0.2) is 33.7 Å². The van der Waals surface area contributed by atoms with Gasteiger partial charge in [-0.05, 0) is 70.3 Å². The highest BCUT2D eigenvalue weighted by Gasteiger charge is 2.40. The number of aliphatic imine (C=N–C) groups is 2. The molecule has 6 nitrogen and oxygen atoms in total. The van der Waals surface area contributed by atoms with Crippen LogP contribution in [0.3, 0.4) is 0 Å². The van der Waals surface area contributed by atoms with E-state index in [1.807, 2.05) is 29.1 Å². The van der Waals surface area contributed by atoms with Crippen molar-refractivity contribution in [1.29, 1.82) is 0 Å². The molecule has 8 heteroatoms. The van der Waals surface area contributed by atoms with E-state index in [9.17, 15) is 4.79 Å². The Balaban J connectivity index is 1.47. The molecular weight excluding hydrogens is 452 g/mol. The first-order valence-electron chi connectivity index (χ1n) is 9.58. The molecule has 1 unspecified atom stereocenters. The second-order valence-corrected chi connectivity index (χ2v) is 9.33. The third kappa shape index (κ3) is 3.48. The lowest BCUT2D eigenvalue weighted by Gasteiger charge is -2.18. The summed E-state index contributed by atoms with van der Waals surface area (Å²) < 4.78 is 8.26. The van der Waals surface area contributed by atoms with Crippen molar-refractivity contribution in [3.05, 3.63) is 56.7 Å². The van der Waals surface area contributed by atoms with E-state index >= 15 is 0 Å². The number of rotatable bonds is 4. The molecule has 0 radical (unpaired) electrons. The lowest BCUT2D eigenvalue weighted by Crippen LogP contribution is -2.26. The summed E-state index contributed by atoms with van der Waals surface area (Å²) in [4.78, 5) is 23.4. The van der Waals surface area contributed by atoms with Gasteiger partial charge in [-0.2, -0.15) is 10.1 Å². The van der Waals surface area contributed by atoms with Crippen molar-refractivity contribution in [2.24, 2.45) is 15.9 Å². The minimum atomic E-state index is -0.238. The first-order chi connectivity index (χ1) is 14.1. The number of amides is 1. The van der Waals surface area contributed by atoms with E-state index in [1.54, 1.807) is 25.1 Å². The summed E-state index contributed by atoms with van der Waals surface area (Å²) in [5, 5.41) is 5.21. The zero-order valence-corrected chi connectivity index (χ0v) is 18.3. The SMILES string of the molecule is COc1ccc(C2=NC(=O)C3C(=N2)SC2=C3CCCC2)cc1Cn1cc(Br)cn1. The number of methoxy groups -OCH3 is 1. The van der Waals surface area contributed by atoms with Crippen molar-refractivity contribution in [2.75, 3.05) is 7.11 Å². The molecule has 1 atom stereocenters. The minimum absolute atomic E-state index is 0.0854. The molecule has 0 fully saturated rings. The Bertz CT molecular complexity index is 1100. The van der Waals surface area contributed by atoms with Crippen molar-refractivity contribution in [1.82, 2.24) is 9.78 Å². The number of nitrogens with zero attached hydrogens (tertiary/aromatic N) is 4. The van der Waals surface area contributed by atoms with Crippen LogP contribution >= 0.6 is 27.7 Å². The number of halogens is 1. The van der Waals surface area contributed by atoms with Crippen molar-refractivity contribution in [2.45, 2.75) is 32.2 Å². The van der Waals surface area contributed by atoms with Gasteiger partial charge in [-0.3, -0.25) is 9.48 Å². The Kier molecular flexibility index (Phi) is 4.91. The molecule has 1 amide bonds. The van der Waals surface area contributed by atoms with Crippen molar-refractivity contribution >= 4 is 44.5 Å². The number of amidine groups is 1. The van der Waals surface area contributed by atoms with E-state index in [-0.39, 0.29) is 11.8 Å². The summed E-state index contributed by atoms with van der Waals surface area (Å²) in [6.45, 7) is 0.549. The average molecular weight is 471 g/mol. The van der Waals surface area contributed by atoms with Crippen LogP contribution in [-0.2, 0) is 11.3 Å². The molecule has 1 aromatic heterocycles. The molecule has 148 valence electrons. The number of fused-ring (bicyclic) bond motifs is 2. The largest absolute Gasteiger partial charge is 0.496 e. The van der Waals surface area contributed by atoms with Crippen molar-refractivity contribution in [3.8, 4) is 5.75 Å². The zero-order chi connectivity index (χ0) is 20.0. The van der Waals surface area contributed by atoms with Crippen molar-refractivity contribution < 1.29 is 9.53 Å². The predicted octanol–water partition coefficient (Wildman–Crippen LogP) is 4.58. The van der Waals surface area contributed by atoms with E-state index in [0.29, 0.717) is 12.4 Å². The Hall–Kier alpha value is -2.19. The molecule has 0 bridgehead atoms. The molecule has 29 heavy (non-hydrogen) atoms. The Morgan fingerprint density at radius 1 is 1.28 bits per heavy atom. The minimum Gasteiger partial charge on any atom is -0.496 e. The van der Waals surface area contributed by atoms with Crippen LogP contribution in [0.1, 0.15) is 36.8 Å². The normalized spacial score (nSPS) is 20.9. The smallest absolute Gasteiger partial charge is 0.261 e. The first-order valence-corrected chi connectivity index (χ1v) is 11.2. The quantitative estimate of drug-likeness (QED) is 0.655. The van der Waals surface area contributed by atoms with Gasteiger partial charge in [-0.15, -0.1) is 0 Å². The lowest BCUT2D eigenvalue weighted by atomic mass is 9.89. The number of allylic oxidation sites excluding steroid dienone is 1. The van der Waals surface area contributed by atoms with E-state index in [2.05, 4.69) is 26.0 Å². The maximum Gasteiger partial charge on any atom is 0.261 e. The third-order valence-corrected chi connectivity index (χ3v) is 7.09.